The number of hydrogen-bond acceptors (Lipinski definition) is 3. The maximum Gasteiger partial charge on any atom is 0.166 e. The molecule has 0 aromatic carbocycles. The van der Waals surface area contributed by atoms with E-state index in [1.807, 2.05) is 18.4 Å². The highest BCUT2D eigenvalue weighted by molar-refractivity contribution is 7.09. The minimum Gasteiger partial charge on any atom is -0.469 e. The van der Waals surface area contributed by atoms with Crippen molar-refractivity contribution in [2.75, 3.05) is 0 Å². The van der Waals surface area contributed by atoms with E-state index in [4.69, 9.17) is 4.42 Å². The molecule has 78 valence electrons. The molecule has 2 aromatic heterocycles. The predicted molar refractivity (Wildman–Crippen MR) is 60.4 cm³/mol. The summed E-state index contributed by atoms with van der Waals surface area (Å²) in [6, 6.07) is 5.85. The van der Waals surface area contributed by atoms with E-state index in [-0.39, 0.29) is 5.78 Å². The van der Waals surface area contributed by atoms with Crippen LogP contribution in [0, 0.1) is 6.92 Å². The lowest BCUT2D eigenvalue weighted by Gasteiger charge is -1.95. The molecule has 2 heterocycles. The lowest BCUT2D eigenvalue weighted by molar-refractivity contribution is 0.0982. The minimum absolute atomic E-state index is 0.153. The third-order valence-corrected chi connectivity index (χ3v) is 3.17. The molecule has 0 saturated carbocycles. The van der Waals surface area contributed by atoms with E-state index in [1.54, 1.807) is 17.4 Å². The minimum atomic E-state index is 0.153. The van der Waals surface area contributed by atoms with E-state index in [1.165, 1.54) is 11.1 Å². The fourth-order valence-corrected chi connectivity index (χ4v) is 2.13. The van der Waals surface area contributed by atoms with Crippen molar-refractivity contribution in [2.24, 2.45) is 0 Å². The highest BCUT2D eigenvalue weighted by Gasteiger charge is 2.08. The van der Waals surface area contributed by atoms with Gasteiger partial charge in [-0.25, -0.2) is 0 Å². The number of furan rings is 1. The molecule has 0 fully saturated rings. The van der Waals surface area contributed by atoms with Gasteiger partial charge in [-0.05, 0) is 30.9 Å². The van der Waals surface area contributed by atoms with Gasteiger partial charge in [-0.2, -0.15) is 0 Å². The first-order chi connectivity index (χ1) is 7.25. The lowest BCUT2D eigenvalue weighted by Crippen LogP contribution is -1.98. The fraction of sp³-hybridized carbons (Fsp3) is 0.250. The Balaban J connectivity index is 1.93. The molecule has 0 radical (unpaired) electrons. The molecule has 0 aliphatic heterocycles. The third-order valence-electron chi connectivity index (χ3n) is 2.23. The van der Waals surface area contributed by atoms with Gasteiger partial charge >= 0.3 is 0 Å². The Hall–Kier alpha value is -1.35. The van der Waals surface area contributed by atoms with Gasteiger partial charge in [0.2, 0.25) is 0 Å². The number of rotatable bonds is 4. The average Bonchev–Trinajstić information content (AvgIpc) is 2.84. The Morgan fingerprint density at radius 3 is 3.00 bits per heavy atom. The zero-order chi connectivity index (χ0) is 10.7. The topological polar surface area (TPSA) is 30.2 Å². The van der Waals surface area contributed by atoms with Crippen LogP contribution in [0.1, 0.15) is 27.4 Å². The Morgan fingerprint density at radius 2 is 2.40 bits per heavy atom. The molecule has 2 rings (SSSR count). The quantitative estimate of drug-likeness (QED) is 0.738. The summed E-state index contributed by atoms with van der Waals surface area (Å²) in [5.41, 5.74) is 0.684. The first-order valence-electron chi connectivity index (χ1n) is 4.86. The van der Waals surface area contributed by atoms with Crippen molar-refractivity contribution in [2.45, 2.75) is 19.8 Å². The van der Waals surface area contributed by atoms with E-state index in [2.05, 4.69) is 6.07 Å². The van der Waals surface area contributed by atoms with Gasteiger partial charge in [0.1, 0.15) is 12.0 Å². The second-order valence-electron chi connectivity index (χ2n) is 3.45. The highest BCUT2D eigenvalue weighted by Crippen LogP contribution is 2.14. The van der Waals surface area contributed by atoms with Crippen molar-refractivity contribution in [3.05, 3.63) is 46.0 Å². The molecule has 0 aliphatic carbocycles. The van der Waals surface area contributed by atoms with Crippen LogP contribution in [0.2, 0.25) is 0 Å². The number of carbonyl (C=O) groups excluding carboxylic acids is 1. The number of hydrogen-bond donors (Lipinski definition) is 0. The first-order valence-corrected chi connectivity index (χ1v) is 5.74. The molecule has 0 bridgehead atoms. The number of Topliss-reactive ketones (excluding diaryl/α,β-unsaturated/α-hetero) is 1. The van der Waals surface area contributed by atoms with Gasteiger partial charge in [0.25, 0.3) is 0 Å². The van der Waals surface area contributed by atoms with Crippen LogP contribution in [-0.4, -0.2) is 5.78 Å². The standard InChI is InChI=1S/C12H12O2S/c1-9-7-10(8-14-9)12(13)5-4-11-3-2-6-15-11/h2-3,6-8H,4-5H2,1H3. The van der Waals surface area contributed by atoms with Crippen LogP contribution in [-0.2, 0) is 6.42 Å². The number of ketones is 1. The van der Waals surface area contributed by atoms with Crippen molar-refractivity contribution in [1.29, 1.82) is 0 Å². The molecule has 0 amide bonds. The van der Waals surface area contributed by atoms with E-state index >= 15 is 0 Å². The summed E-state index contributed by atoms with van der Waals surface area (Å²) in [6.45, 7) is 1.84. The molecule has 3 heteroatoms. The van der Waals surface area contributed by atoms with Crippen molar-refractivity contribution in [3.63, 3.8) is 0 Å². The van der Waals surface area contributed by atoms with Gasteiger partial charge in [0.15, 0.2) is 5.78 Å². The van der Waals surface area contributed by atoms with Crippen LogP contribution in [0.25, 0.3) is 0 Å². The number of thiophene rings is 1. The SMILES string of the molecule is Cc1cc(C(=O)CCc2cccs2)co1. The molecule has 0 spiro atoms. The highest BCUT2D eigenvalue weighted by atomic mass is 32.1. The van der Waals surface area contributed by atoms with Gasteiger partial charge in [-0.3, -0.25) is 4.79 Å². The molecule has 2 aromatic rings. The molecule has 0 atom stereocenters. The zero-order valence-electron chi connectivity index (χ0n) is 8.53. The normalized spacial score (nSPS) is 10.5. The first kappa shape index (κ1) is 10.2. The smallest absolute Gasteiger partial charge is 0.166 e. The Morgan fingerprint density at radius 1 is 1.53 bits per heavy atom. The van der Waals surface area contributed by atoms with Gasteiger partial charge in [0, 0.05) is 11.3 Å². The molecule has 0 saturated heterocycles. The Kier molecular flexibility index (Phi) is 3.02. The molecule has 0 unspecified atom stereocenters. The molecule has 2 nitrogen and oxygen atoms in total. The third kappa shape index (κ3) is 2.57. The predicted octanol–water partition coefficient (Wildman–Crippen LogP) is 3.47. The summed E-state index contributed by atoms with van der Waals surface area (Å²) >= 11 is 1.69. The van der Waals surface area contributed by atoms with Crippen LogP contribution in [0.15, 0.2) is 34.3 Å². The van der Waals surface area contributed by atoms with Crippen LogP contribution >= 0.6 is 11.3 Å². The van der Waals surface area contributed by atoms with Crippen LogP contribution in [0.5, 0.6) is 0 Å². The fourth-order valence-electron chi connectivity index (χ4n) is 1.43. The van der Waals surface area contributed by atoms with Crippen LogP contribution in [0.3, 0.4) is 0 Å². The second-order valence-corrected chi connectivity index (χ2v) is 4.48. The number of carbonyl (C=O) groups is 1. The van der Waals surface area contributed by atoms with Gasteiger partial charge in [-0.15, -0.1) is 11.3 Å². The van der Waals surface area contributed by atoms with E-state index in [0.717, 1.165) is 12.2 Å². The summed E-state index contributed by atoms with van der Waals surface area (Å²) in [7, 11) is 0. The second kappa shape index (κ2) is 4.45. The Labute approximate surface area is 92.5 Å². The van der Waals surface area contributed by atoms with Crippen molar-refractivity contribution in [1.82, 2.24) is 0 Å². The van der Waals surface area contributed by atoms with Crippen molar-refractivity contribution in [3.8, 4) is 0 Å². The van der Waals surface area contributed by atoms with Gasteiger partial charge < -0.3 is 4.42 Å². The van der Waals surface area contributed by atoms with Crippen LogP contribution in [0.4, 0.5) is 0 Å². The average molecular weight is 220 g/mol. The van der Waals surface area contributed by atoms with E-state index in [0.29, 0.717) is 12.0 Å². The Bertz CT molecular complexity index is 440. The monoisotopic (exact) mass is 220 g/mol. The number of aryl methyl sites for hydroxylation is 2. The van der Waals surface area contributed by atoms with Crippen LogP contribution < -0.4 is 0 Å². The van der Waals surface area contributed by atoms with Crippen molar-refractivity contribution >= 4 is 17.1 Å². The maximum absolute atomic E-state index is 11.7. The summed E-state index contributed by atoms with van der Waals surface area (Å²) in [5.74, 6) is 0.940. The summed E-state index contributed by atoms with van der Waals surface area (Å²) in [6.07, 6.45) is 2.91. The largest absolute Gasteiger partial charge is 0.469 e. The van der Waals surface area contributed by atoms with Crippen molar-refractivity contribution < 1.29 is 9.21 Å². The van der Waals surface area contributed by atoms with Gasteiger partial charge in [-0.1, -0.05) is 6.07 Å². The molecular formula is C12H12O2S. The zero-order valence-corrected chi connectivity index (χ0v) is 9.34. The molecule has 15 heavy (non-hydrogen) atoms. The lowest BCUT2D eigenvalue weighted by atomic mass is 10.1. The molecule has 0 aliphatic rings. The molecular weight excluding hydrogens is 208 g/mol. The van der Waals surface area contributed by atoms with E-state index in [9.17, 15) is 4.79 Å². The van der Waals surface area contributed by atoms with E-state index < -0.39 is 0 Å². The summed E-state index contributed by atoms with van der Waals surface area (Å²) in [4.78, 5) is 13.0. The summed E-state index contributed by atoms with van der Waals surface area (Å²) < 4.78 is 5.10. The maximum atomic E-state index is 11.7. The summed E-state index contributed by atoms with van der Waals surface area (Å²) in [5, 5.41) is 2.03. The molecule has 0 N–H and O–H groups in total. The van der Waals surface area contributed by atoms with Gasteiger partial charge in [0.05, 0.1) is 5.56 Å².